The van der Waals surface area contributed by atoms with Crippen LogP contribution in [0.5, 0.6) is 0 Å². The Balaban J connectivity index is 1.65. The van der Waals surface area contributed by atoms with Crippen LogP contribution in [0, 0.1) is 0 Å². The first-order chi connectivity index (χ1) is 9.85. The third-order valence-electron chi connectivity index (χ3n) is 3.92. The van der Waals surface area contributed by atoms with Crippen LogP contribution in [0.3, 0.4) is 0 Å². The van der Waals surface area contributed by atoms with Crippen LogP contribution in [-0.2, 0) is 6.54 Å². The summed E-state index contributed by atoms with van der Waals surface area (Å²) in [5.41, 5.74) is 2.03. The summed E-state index contributed by atoms with van der Waals surface area (Å²) >= 11 is 0. The maximum absolute atomic E-state index is 5.48. The molecule has 0 radical (unpaired) electrons. The summed E-state index contributed by atoms with van der Waals surface area (Å²) in [4.78, 5) is 2.43. The molecule has 0 aliphatic carbocycles. The number of aromatic nitrogens is 1. The minimum atomic E-state index is 0.597. The van der Waals surface area contributed by atoms with Gasteiger partial charge in [0.05, 0.1) is 6.54 Å². The molecule has 1 N–H and O–H groups in total. The van der Waals surface area contributed by atoms with Crippen LogP contribution in [0.1, 0.15) is 18.6 Å². The van der Waals surface area contributed by atoms with E-state index < -0.39 is 0 Å². The Labute approximate surface area is 119 Å². The molecule has 3 rings (SSSR count). The van der Waals surface area contributed by atoms with E-state index in [9.17, 15) is 0 Å². The minimum Gasteiger partial charge on any atom is -0.359 e. The summed E-state index contributed by atoms with van der Waals surface area (Å²) in [7, 11) is 2.04. The summed E-state index contributed by atoms with van der Waals surface area (Å²) in [6, 6.07) is 12.8. The molecule has 4 nitrogen and oxygen atoms in total. The zero-order valence-electron chi connectivity index (χ0n) is 11.9. The zero-order chi connectivity index (χ0) is 13.8. The van der Waals surface area contributed by atoms with E-state index in [0.29, 0.717) is 6.04 Å². The van der Waals surface area contributed by atoms with Crippen LogP contribution in [0.25, 0.3) is 11.3 Å². The first-order valence-electron chi connectivity index (χ1n) is 7.26. The lowest BCUT2D eigenvalue weighted by molar-refractivity contribution is 0.170. The summed E-state index contributed by atoms with van der Waals surface area (Å²) in [5.74, 6) is 0.945. The quantitative estimate of drug-likeness (QED) is 0.928. The normalized spacial score (nSPS) is 20.1. The summed E-state index contributed by atoms with van der Waals surface area (Å²) in [5, 5.41) is 7.54. The predicted octanol–water partition coefficient (Wildman–Crippen LogP) is 2.53. The van der Waals surface area contributed by atoms with Crippen molar-refractivity contribution >= 4 is 0 Å². The Morgan fingerprint density at radius 3 is 3.00 bits per heavy atom. The molecule has 1 aromatic heterocycles. The molecule has 2 heterocycles. The van der Waals surface area contributed by atoms with Gasteiger partial charge in [0.15, 0.2) is 5.76 Å². The van der Waals surface area contributed by atoms with Gasteiger partial charge in [-0.05, 0) is 26.4 Å². The standard InChI is InChI=1S/C16H21N3O/c1-17-14-8-5-9-19(11-14)12-15-10-16(18-20-15)13-6-3-2-4-7-13/h2-4,6-7,10,14,17H,5,8-9,11-12H2,1H3. The van der Waals surface area contributed by atoms with E-state index in [1.165, 1.54) is 12.8 Å². The van der Waals surface area contributed by atoms with Crippen molar-refractivity contribution in [1.82, 2.24) is 15.4 Å². The predicted molar refractivity (Wildman–Crippen MR) is 79.3 cm³/mol. The zero-order valence-corrected chi connectivity index (χ0v) is 11.9. The van der Waals surface area contributed by atoms with Crippen molar-refractivity contribution in [3.8, 4) is 11.3 Å². The lowest BCUT2D eigenvalue weighted by Gasteiger charge is -2.31. The molecule has 1 unspecified atom stereocenters. The van der Waals surface area contributed by atoms with Gasteiger partial charge in [-0.25, -0.2) is 0 Å². The molecular weight excluding hydrogens is 250 g/mol. The van der Waals surface area contributed by atoms with Crippen molar-refractivity contribution in [2.24, 2.45) is 0 Å². The van der Waals surface area contributed by atoms with Gasteiger partial charge in [0.2, 0.25) is 0 Å². The topological polar surface area (TPSA) is 41.3 Å². The second-order valence-electron chi connectivity index (χ2n) is 5.41. The maximum Gasteiger partial charge on any atom is 0.151 e. The highest BCUT2D eigenvalue weighted by Gasteiger charge is 2.19. The number of hydrogen-bond donors (Lipinski definition) is 1. The monoisotopic (exact) mass is 271 g/mol. The van der Waals surface area contributed by atoms with Crippen LogP contribution in [-0.4, -0.2) is 36.2 Å². The molecule has 1 aliphatic rings. The Bertz CT molecular complexity index is 538. The van der Waals surface area contributed by atoms with Gasteiger partial charge < -0.3 is 9.84 Å². The highest BCUT2D eigenvalue weighted by atomic mass is 16.5. The third-order valence-corrected chi connectivity index (χ3v) is 3.92. The van der Waals surface area contributed by atoms with Gasteiger partial charge >= 0.3 is 0 Å². The number of likely N-dealkylation sites (N-methyl/N-ethyl adjacent to an activating group) is 1. The Kier molecular flexibility index (Phi) is 4.14. The van der Waals surface area contributed by atoms with E-state index in [0.717, 1.165) is 36.7 Å². The molecule has 1 atom stereocenters. The third kappa shape index (κ3) is 3.08. The molecular formula is C16H21N3O. The molecule has 1 aromatic carbocycles. The fourth-order valence-corrected chi connectivity index (χ4v) is 2.79. The SMILES string of the molecule is CNC1CCCN(Cc2cc(-c3ccccc3)no2)C1. The van der Waals surface area contributed by atoms with Crippen molar-refractivity contribution in [2.45, 2.75) is 25.4 Å². The van der Waals surface area contributed by atoms with Gasteiger partial charge in [-0.3, -0.25) is 4.90 Å². The number of likely N-dealkylation sites (tertiary alicyclic amines) is 1. The van der Waals surface area contributed by atoms with E-state index >= 15 is 0 Å². The van der Waals surface area contributed by atoms with Crippen molar-refractivity contribution in [2.75, 3.05) is 20.1 Å². The highest BCUT2D eigenvalue weighted by molar-refractivity contribution is 5.58. The van der Waals surface area contributed by atoms with E-state index in [1.807, 2.05) is 25.2 Å². The van der Waals surface area contributed by atoms with Crippen LogP contribution in [0.2, 0.25) is 0 Å². The number of nitrogens with zero attached hydrogens (tertiary/aromatic N) is 2. The summed E-state index contributed by atoms with van der Waals surface area (Å²) in [6.45, 7) is 3.06. The van der Waals surface area contributed by atoms with Gasteiger partial charge in [0.1, 0.15) is 5.69 Å². The molecule has 0 saturated carbocycles. The summed E-state index contributed by atoms with van der Waals surface area (Å²) < 4.78 is 5.48. The van der Waals surface area contributed by atoms with Crippen molar-refractivity contribution in [1.29, 1.82) is 0 Å². The molecule has 1 aliphatic heterocycles. The van der Waals surface area contributed by atoms with Gasteiger partial charge in [-0.15, -0.1) is 0 Å². The van der Waals surface area contributed by atoms with Crippen LogP contribution >= 0.6 is 0 Å². The first-order valence-corrected chi connectivity index (χ1v) is 7.26. The fourth-order valence-electron chi connectivity index (χ4n) is 2.79. The Morgan fingerprint density at radius 2 is 2.20 bits per heavy atom. The number of benzene rings is 1. The number of rotatable bonds is 4. The molecule has 106 valence electrons. The number of hydrogen-bond acceptors (Lipinski definition) is 4. The molecule has 4 heteroatoms. The van der Waals surface area contributed by atoms with Gasteiger partial charge in [0.25, 0.3) is 0 Å². The average molecular weight is 271 g/mol. The molecule has 0 spiro atoms. The van der Waals surface area contributed by atoms with Crippen LogP contribution in [0.15, 0.2) is 40.9 Å². The number of piperidine rings is 1. The Morgan fingerprint density at radius 1 is 1.35 bits per heavy atom. The van der Waals surface area contributed by atoms with Crippen molar-refractivity contribution in [3.05, 3.63) is 42.2 Å². The lowest BCUT2D eigenvalue weighted by Crippen LogP contribution is -2.43. The largest absolute Gasteiger partial charge is 0.359 e. The van der Waals surface area contributed by atoms with Gasteiger partial charge in [-0.2, -0.15) is 0 Å². The second-order valence-corrected chi connectivity index (χ2v) is 5.41. The summed E-state index contributed by atoms with van der Waals surface area (Å²) in [6.07, 6.45) is 2.50. The molecule has 1 saturated heterocycles. The Hall–Kier alpha value is -1.65. The van der Waals surface area contributed by atoms with Crippen LogP contribution < -0.4 is 5.32 Å². The van der Waals surface area contributed by atoms with E-state index in [2.05, 4.69) is 33.6 Å². The molecule has 2 aromatic rings. The van der Waals surface area contributed by atoms with E-state index in [1.54, 1.807) is 0 Å². The van der Waals surface area contributed by atoms with Gasteiger partial charge in [0, 0.05) is 24.2 Å². The van der Waals surface area contributed by atoms with Gasteiger partial charge in [-0.1, -0.05) is 35.5 Å². The van der Waals surface area contributed by atoms with E-state index in [-0.39, 0.29) is 0 Å². The number of nitrogens with one attached hydrogen (secondary N) is 1. The highest BCUT2D eigenvalue weighted by Crippen LogP contribution is 2.20. The molecule has 0 amide bonds. The average Bonchev–Trinajstić information content (AvgIpc) is 2.97. The second kappa shape index (κ2) is 6.20. The van der Waals surface area contributed by atoms with Crippen molar-refractivity contribution < 1.29 is 4.52 Å². The van der Waals surface area contributed by atoms with E-state index in [4.69, 9.17) is 4.52 Å². The first kappa shape index (κ1) is 13.3. The maximum atomic E-state index is 5.48. The molecule has 20 heavy (non-hydrogen) atoms. The van der Waals surface area contributed by atoms with Crippen molar-refractivity contribution in [3.63, 3.8) is 0 Å². The lowest BCUT2D eigenvalue weighted by atomic mass is 10.1. The molecule has 1 fully saturated rings. The van der Waals surface area contributed by atoms with Crippen LogP contribution in [0.4, 0.5) is 0 Å². The fraction of sp³-hybridized carbons (Fsp3) is 0.438. The minimum absolute atomic E-state index is 0.597. The smallest absolute Gasteiger partial charge is 0.151 e. The molecule has 0 bridgehead atoms.